The fraction of sp³-hybridized carbons (Fsp3) is 0.500. The normalized spacial score (nSPS) is 21.7. The summed E-state index contributed by atoms with van der Waals surface area (Å²) in [5.41, 5.74) is 0.878. The van der Waals surface area contributed by atoms with Crippen molar-refractivity contribution < 1.29 is 9.18 Å². The van der Waals surface area contributed by atoms with Crippen molar-refractivity contribution in [3.63, 3.8) is 0 Å². The van der Waals surface area contributed by atoms with Crippen LogP contribution >= 0.6 is 0 Å². The van der Waals surface area contributed by atoms with Crippen LogP contribution in [-0.2, 0) is 0 Å². The molecule has 18 heavy (non-hydrogen) atoms. The summed E-state index contributed by atoms with van der Waals surface area (Å²) >= 11 is 0. The minimum absolute atomic E-state index is 0.0196. The molecule has 2 heterocycles. The molecule has 96 valence electrons. The van der Waals surface area contributed by atoms with Gasteiger partial charge in [0.1, 0.15) is 5.82 Å². The Balaban J connectivity index is 1.64. The van der Waals surface area contributed by atoms with Crippen molar-refractivity contribution in [3.8, 4) is 0 Å². The fourth-order valence-corrected chi connectivity index (χ4v) is 2.98. The van der Waals surface area contributed by atoms with Gasteiger partial charge in [-0.15, -0.1) is 0 Å². The van der Waals surface area contributed by atoms with Crippen molar-refractivity contribution in [1.29, 1.82) is 0 Å². The number of carbonyl (C=O) groups excluding carboxylic acids is 1. The van der Waals surface area contributed by atoms with Gasteiger partial charge >= 0.3 is 0 Å². The Bertz CT molecular complexity index is 443. The Hall–Kier alpha value is -1.42. The number of amides is 1. The van der Waals surface area contributed by atoms with Gasteiger partial charge in [-0.2, -0.15) is 0 Å². The highest BCUT2D eigenvalue weighted by Gasteiger charge is 2.45. The highest BCUT2D eigenvalue weighted by atomic mass is 19.1. The van der Waals surface area contributed by atoms with E-state index in [-0.39, 0.29) is 11.7 Å². The third kappa shape index (κ3) is 2.01. The minimum Gasteiger partial charge on any atom is -0.337 e. The predicted octanol–water partition coefficient (Wildman–Crippen LogP) is 1.65. The van der Waals surface area contributed by atoms with Crippen LogP contribution in [0.4, 0.5) is 4.39 Å². The highest BCUT2D eigenvalue weighted by molar-refractivity contribution is 5.94. The largest absolute Gasteiger partial charge is 0.337 e. The van der Waals surface area contributed by atoms with Gasteiger partial charge in [-0.05, 0) is 43.7 Å². The quantitative estimate of drug-likeness (QED) is 0.819. The second-order valence-electron chi connectivity index (χ2n) is 5.45. The van der Waals surface area contributed by atoms with E-state index < -0.39 is 0 Å². The number of halogens is 1. The zero-order valence-electron chi connectivity index (χ0n) is 10.3. The molecule has 0 unspecified atom stereocenters. The topological polar surface area (TPSA) is 32.3 Å². The second kappa shape index (κ2) is 4.35. The molecule has 3 nitrogen and oxygen atoms in total. The van der Waals surface area contributed by atoms with Gasteiger partial charge in [0.2, 0.25) is 0 Å². The first-order valence-corrected chi connectivity index (χ1v) is 6.44. The van der Waals surface area contributed by atoms with E-state index in [1.54, 1.807) is 12.1 Å². The average Bonchev–Trinajstić information content (AvgIpc) is 2.37. The summed E-state index contributed by atoms with van der Waals surface area (Å²) < 4.78 is 12.8. The van der Waals surface area contributed by atoms with E-state index in [0.29, 0.717) is 11.0 Å². The summed E-state index contributed by atoms with van der Waals surface area (Å²) in [4.78, 5) is 14.0. The Morgan fingerprint density at radius 2 is 2.00 bits per heavy atom. The maximum Gasteiger partial charge on any atom is 0.253 e. The third-order valence-corrected chi connectivity index (χ3v) is 3.99. The summed E-state index contributed by atoms with van der Waals surface area (Å²) in [6.07, 6.45) is 2.39. The molecule has 0 saturated carbocycles. The van der Waals surface area contributed by atoms with Crippen molar-refractivity contribution in [2.75, 3.05) is 26.2 Å². The van der Waals surface area contributed by atoms with Crippen molar-refractivity contribution >= 4 is 5.91 Å². The molecule has 0 atom stereocenters. The molecular weight excluding hydrogens is 231 g/mol. The van der Waals surface area contributed by atoms with Gasteiger partial charge < -0.3 is 10.2 Å². The summed E-state index contributed by atoms with van der Waals surface area (Å²) in [7, 11) is 0. The molecule has 1 spiro atoms. The molecule has 0 aliphatic carbocycles. The Morgan fingerprint density at radius 1 is 1.28 bits per heavy atom. The van der Waals surface area contributed by atoms with Crippen molar-refractivity contribution in [1.82, 2.24) is 10.2 Å². The zero-order valence-corrected chi connectivity index (χ0v) is 10.3. The minimum atomic E-state index is -0.303. The van der Waals surface area contributed by atoms with E-state index in [4.69, 9.17) is 0 Å². The molecule has 3 rings (SSSR count). The molecule has 2 aliphatic rings. The van der Waals surface area contributed by atoms with Crippen LogP contribution in [0.25, 0.3) is 0 Å². The van der Waals surface area contributed by atoms with Crippen LogP contribution in [0.5, 0.6) is 0 Å². The molecule has 2 aliphatic heterocycles. The van der Waals surface area contributed by atoms with Gasteiger partial charge in [-0.3, -0.25) is 4.79 Å². The van der Waals surface area contributed by atoms with Crippen molar-refractivity contribution in [3.05, 3.63) is 35.6 Å². The smallest absolute Gasteiger partial charge is 0.253 e. The molecule has 0 bridgehead atoms. The van der Waals surface area contributed by atoms with Gasteiger partial charge in [-0.25, -0.2) is 4.39 Å². The lowest BCUT2D eigenvalue weighted by atomic mass is 9.74. The maximum atomic E-state index is 12.8. The van der Waals surface area contributed by atoms with E-state index in [1.165, 1.54) is 25.0 Å². The predicted molar refractivity (Wildman–Crippen MR) is 66.8 cm³/mol. The summed E-state index contributed by atoms with van der Waals surface area (Å²) in [6, 6.07) is 5.79. The van der Waals surface area contributed by atoms with Gasteiger partial charge in [0.25, 0.3) is 5.91 Å². The molecule has 1 aromatic rings. The van der Waals surface area contributed by atoms with Crippen molar-refractivity contribution in [2.24, 2.45) is 5.41 Å². The van der Waals surface area contributed by atoms with Crippen LogP contribution in [0.15, 0.2) is 24.3 Å². The standard InChI is InChI=1S/C14H17FN2O/c15-12-4-2-11(3-5-12)13(18)17-9-14(10-17)6-1-7-16-8-14/h2-5,16H,1,6-10H2. The van der Waals surface area contributed by atoms with Crippen LogP contribution in [0.1, 0.15) is 23.2 Å². The molecule has 2 fully saturated rings. The molecule has 1 N–H and O–H groups in total. The number of rotatable bonds is 1. The summed E-state index contributed by atoms with van der Waals surface area (Å²) in [5.74, 6) is -0.283. The van der Waals surface area contributed by atoms with E-state index in [2.05, 4.69) is 5.32 Å². The number of hydrogen-bond donors (Lipinski definition) is 1. The Kier molecular flexibility index (Phi) is 2.82. The van der Waals surface area contributed by atoms with Gasteiger partial charge in [0.05, 0.1) is 0 Å². The first-order valence-electron chi connectivity index (χ1n) is 6.44. The number of benzene rings is 1. The molecule has 1 aromatic carbocycles. The number of piperidine rings is 1. The van der Waals surface area contributed by atoms with E-state index in [9.17, 15) is 9.18 Å². The van der Waals surface area contributed by atoms with Gasteiger partial charge in [0.15, 0.2) is 0 Å². The molecule has 2 saturated heterocycles. The maximum absolute atomic E-state index is 12.8. The van der Waals surface area contributed by atoms with Gasteiger partial charge in [0, 0.05) is 30.6 Å². The lowest BCUT2D eigenvalue weighted by molar-refractivity contribution is -0.00722. The van der Waals surface area contributed by atoms with Crippen LogP contribution in [0.2, 0.25) is 0 Å². The zero-order chi connectivity index (χ0) is 12.6. The van der Waals surface area contributed by atoms with E-state index >= 15 is 0 Å². The number of likely N-dealkylation sites (tertiary alicyclic amines) is 1. The number of hydrogen-bond acceptors (Lipinski definition) is 2. The first-order chi connectivity index (χ1) is 8.69. The Labute approximate surface area is 106 Å². The van der Waals surface area contributed by atoms with Gasteiger partial charge in [-0.1, -0.05) is 0 Å². The van der Waals surface area contributed by atoms with Crippen molar-refractivity contribution in [2.45, 2.75) is 12.8 Å². The monoisotopic (exact) mass is 248 g/mol. The second-order valence-corrected chi connectivity index (χ2v) is 5.45. The molecule has 0 radical (unpaired) electrons. The van der Waals surface area contributed by atoms with Crippen LogP contribution < -0.4 is 5.32 Å². The Morgan fingerprint density at radius 3 is 2.61 bits per heavy atom. The lowest BCUT2D eigenvalue weighted by Gasteiger charge is -2.52. The lowest BCUT2D eigenvalue weighted by Crippen LogP contribution is -2.63. The fourth-order valence-electron chi connectivity index (χ4n) is 2.98. The van der Waals surface area contributed by atoms with E-state index in [1.807, 2.05) is 4.90 Å². The number of nitrogens with zero attached hydrogens (tertiary/aromatic N) is 1. The highest BCUT2D eigenvalue weighted by Crippen LogP contribution is 2.37. The van der Waals surface area contributed by atoms with Crippen LogP contribution in [0.3, 0.4) is 0 Å². The first kappa shape index (κ1) is 11.7. The third-order valence-electron chi connectivity index (χ3n) is 3.99. The summed E-state index contributed by atoms with van der Waals surface area (Å²) in [6.45, 7) is 3.76. The number of nitrogens with one attached hydrogen (secondary N) is 1. The SMILES string of the molecule is O=C(c1ccc(F)cc1)N1CC2(CCCNC2)C1. The molecular formula is C14H17FN2O. The van der Waals surface area contributed by atoms with E-state index in [0.717, 1.165) is 26.2 Å². The van der Waals surface area contributed by atoms with Crippen LogP contribution in [-0.4, -0.2) is 37.0 Å². The average molecular weight is 248 g/mol. The number of carbonyl (C=O) groups is 1. The van der Waals surface area contributed by atoms with Crippen LogP contribution in [0, 0.1) is 11.2 Å². The molecule has 4 heteroatoms. The summed E-state index contributed by atoms with van der Waals surface area (Å²) in [5, 5.41) is 3.40. The molecule has 1 amide bonds. The molecule has 0 aromatic heterocycles.